The molecule has 0 aromatic carbocycles. The van der Waals surface area contributed by atoms with Crippen molar-refractivity contribution in [3.8, 4) is 0 Å². The first-order valence-electron chi connectivity index (χ1n) is 38.9. The molecule has 4 unspecified atom stereocenters. The summed E-state index contributed by atoms with van der Waals surface area (Å²) in [5.41, 5.74) is 0. The Hall–Kier alpha value is -1.94. The smallest absolute Gasteiger partial charge is 0.462 e. The first kappa shape index (κ1) is 92.1. The largest absolute Gasteiger partial charge is 0.472 e. The molecule has 94 heavy (non-hydrogen) atoms. The number of rotatable bonds is 73. The second kappa shape index (κ2) is 65.7. The quantitative estimate of drug-likeness (QED) is 0.0222. The molecule has 7 atom stereocenters. The predicted octanol–water partition coefficient (Wildman–Crippen LogP) is 21.8. The maximum atomic E-state index is 13.1. The van der Waals surface area contributed by atoms with Gasteiger partial charge in [0.25, 0.3) is 0 Å². The van der Waals surface area contributed by atoms with Crippen molar-refractivity contribution in [3.05, 3.63) is 0 Å². The van der Waals surface area contributed by atoms with Gasteiger partial charge in [-0.05, 0) is 43.4 Å². The fourth-order valence-corrected chi connectivity index (χ4v) is 12.9. The third kappa shape index (κ3) is 66.0. The summed E-state index contributed by atoms with van der Waals surface area (Å²) in [6, 6.07) is 0. The van der Waals surface area contributed by atoms with E-state index in [9.17, 15) is 43.2 Å². The monoisotopic (exact) mass is 1380 g/mol. The molecule has 0 aliphatic carbocycles. The van der Waals surface area contributed by atoms with Crippen LogP contribution in [0.1, 0.15) is 382 Å². The van der Waals surface area contributed by atoms with Crippen LogP contribution in [0.5, 0.6) is 0 Å². The Morgan fingerprint density at radius 1 is 0.309 bits per heavy atom. The van der Waals surface area contributed by atoms with E-state index in [0.717, 1.165) is 108 Å². The van der Waals surface area contributed by atoms with Crippen molar-refractivity contribution in [1.29, 1.82) is 0 Å². The van der Waals surface area contributed by atoms with Gasteiger partial charge in [0.2, 0.25) is 0 Å². The van der Waals surface area contributed by atoms with Crippen molar-refractivity contribution in [2.24, 2.45) is 17.8 Å². The molecule has 3 N–H and O–H groups in total. The van der Waals surface area contributed by atoms with Crippen LogP contribution in [-0.4, -0.2) is 96.7 Å². The van der Waals surface area contributed by atoms with E-state index >= 15 is 0 Å². The topological polar surface area (TPSA) is 237 Å². The van der Waals surface area contributed by atoms with Crippen LogP contribution >= 0.6 is 15.6 Å². The van der Waals surface area contributed by atoms with Crippen LogP contribution in [-0.2, 0) is 65.4 Å². The Kier molecular flexibility index (Phi) is 64.3. The molecular formula is C75H146O17P2. The molecule has 0 fully saturated rings. The number of unbranched alkanes of at least 4 members (excludes halogenated alkanes) is 39. The lowest BCUT2D eigenvalue weighted by atomic mass is 9.99. The maximum absolute atomic E-state index is 13.1. The first-order chi connectivity index (χ1) is 45.3. The van der Waals surface area contributed by atoms with Gasteiger partial charge in [-0.25, -0.2) is 9.13 Å². The number of carbonyl (C=O) groups excluding carboxylic acids is 4. The van der Waals surface area contributed by atoms with Crippen LogP contribution in [0, 0.1) is 17.8 Å². The summed E-state index contributed by atoms with van der Waals surface area (Å²) in [6.07, 6.45) is 52.0. The average molecular weight is 1380 g/mol. The third-order valence-corrected chi connectivity index (χ3v) is 20.0. The molecule has 0 amide bonds. The molecule has 0 heterocycles. The standard InChI is InChI=1S/C75H146O17P2/c1-8-11-12-39-49-56-72(77)85-62-70(92-75(80)59-52-45-38-37-40-46-53-66(4)5)64-89-93(81,82)87-60-69(76)61-88-94(83,84)90-65-71(63-86-73(78)57-50-43-35-31-27-23-20-19-22-26-30-34-42-48-55-68(7)10-3)91-74(79)58-51-44-36-32-28-24-18-16-14-13-15-17-21-25-29-33-41-47-54-67(6)9-2/h66-71,76H,8-65H2,1-7H3,(H,81,82)(H,83,84)/t67?,68?,69-,70+,71+/m0/s1. The van der Waals surface area contributed by atoms with Crippen molar-refractivity contribution in [3.63, 3.8) is 0 Å². The van der Waals surface area contributed by atoms with Gasteiger partial charge in [0.1, 0.15) is 19.3 Å². The molecule has 558 valence electrons. The number of carbonyl (C=O) groups is 4. The number of aliphatic hydroxyl groups is 1. The van der Waals surface area contributed by atoms with Crippen molar-refractivity contribution in [2.75, 3.05) is 39.6 Å². The van der Waals surface area contributed by atoms with Gasteiger partial charge >= 0.3 is 39.5 Å². The molecule has 0 saturated heterocycles. The van der Waals surface area contributed by atoms with E-state index in [1.807, 2.05) is 0 Å². The van der Waals surface area contributed by atoms with Gasteiger partial charge in [-0.3, -0.25) is 37.3 Å². The van der Waals surface area contributed by atoms with Gasteiger partial charge in [-0.2, -0.15) is 0 Å². The van der Waals surface area contributed by atoms with E-state index in [-0.39, 0.29) is 25.7 Å². The number of hydrogen-bond acceptors (Lipinski definition) is 15. The minimum absolute atomic E-state index is 0.101. The molecule has 0 saturated carbocycles. The number of ether oxygens (including phenoxy) is 4. The Morgan fingerprint density at radius 2 is 0.543 bits per heavy atom. The van der Waals surface area contributed by atoms with Gasteiger partial charge in [0.15, 0.2) is 12.2 Å². The van der Waals surface area contributed by atoms with Crippen LogP contribution in [0.2, 0.25) is 0 Å². The number of aliphatic hydroxyl groups excluding tert-OH is 1. The van der Waals surface area contributed by atoms with E-state index < -0.39 is 97.5 Å². The zero-order chi connectivity index (χ0) is 69.4. The van der Waals surface area contributed by atoms with Crippen molar-refractivity contribution in [1.82, 2.24) is 0 Å². The Balaban J connectivity index is 5.10. The molecule has 0 aromatic heterocycles. The van der Waals surface area contributed by atoms with E-state index in [4.69, 9.17) is 37.0 Å². The molecule has 0 radical (unpaired) electrons. The predicted molar refractivity (Wildman–Crippen MR) is 381 cm³/mol. The SMILES string of the molecule is CCCCCCCC(=O)OC[C@H](COP(=O)(O)OC[C@H](O)COP(=O)(O)OC[C@@H](COC(=O)CCCCCCCCCCCCCCCCC(C)CC)OC(=O)CCCCCCCCCCCCCCCCCCCCC(C)CC)OC(=O)CCCCCCCCC(C)C. The fourth-order valence-electron chi connectivity index (χ4n) is 11.4. The molecular weight excluding hydrogens is 1230 g/mol. The molecule has 0 aliphatic rings. The maximum Gasteiger partial charge on any atom is 0.472 e. The van der Waals surface area contributed by atoms with Gasteiger partial charge in [0.05, 0.1) is 26.4 Å². The Bertz CT molecular complexity index is 1840. The normalized spacial score (nSPS) is 14.7. The molecule has 19 heteroatoms. The minimum Gasteiger partial charge on any atom is -0.462 e. The van der Waals surface area contributed by atoms with Gasteiger partial charge in [0, 0.05) is 25.7 Å². The second-order valence-electron chi connectivity index (χ2n) is 28.0. The lowest BCUT2D eigenvalue weighted by Crippen LogP contribution is -2.30. The molecule has 0 rings (SSSR count). The van der Waals surface area contributed by atoms with Gasteiger partial charge in [-0.15, -0.1) is 0 Å². The molecule has 17 nitrogen and oxygen atoms in total. The number of hydrogen-bond donors (Lipinski definition) is 3. The third-order valence-electron chi connectivity index (χ3n) is 18.1. The van der Waals surface area contributed by atoms with E-state index in [1.54, 1.807) is 0 Å². The van der Waals surface area contributed by atoms with Crippen molar-refractivity contribution >= 4 is 39.5 Å². The molecule has 0 aliphatic heterocycles. The molecule has 0 spiro atoms. The summed E-state index contributed by atoms with van der Waals surface area (Å²) in [5, 5.41) is 10.6. The van der Waals surface area contributed by atoms with Gasteiger partial charge < -0.3 is 33.8 Å². The van der Waals surface area contributed by atoms with E-state index in [1.165, 1.54) is 186 Å². The Labute approximate surface area is 575 Å². The summed E-state index contributed by atoms with van der Waals surface area (Å²) in [6.45, 7) is 11.8. The van der Waals surface area contributed by atoms with Crippen LogP contribution in [0.15, 0.2) is 0 Å². The highest BCUT2D eigenvalue weighted by Gasteiger charge is 2.30. The highest BCUT2D eigenvalue weighted by atomic mass is 31.2. The highest BCUT2D eigenvalue weighted by Crippen LogP contribution is 2.45. The minimum atomic E-state index is -4.95. The first-order valence-corrected chi connectivity index (χ1v) is 41.9. The van der Waals surface area contributed by atoms with Crippen molar-refractivity contribution in [2.45, 2.75) is 401 Å². The van der Waals surface area contributed by atoms with Crippen LogP contribution in [0.4, 0.5) is 0 Å². The number of phosphoric ester groups is 2. The summed E-state index contributed by atoms with van der Waals surface area (Å²) in [7, 11) is -9.90. The summed E-state index contributed by atoms with van der Waals surface area (Å²) >= 11 is 0. The van der Waals surface area contributed by atoms with E-state index in [2.05, 4.69) is 48.5 Å². The van der Waals surface area contributed by atoms with E-state index in [0.29, 0.717) is 31.6 Å². The lowest BCUT2D eigenvalue weighted by molar-refractivity contribution is -0.161. The lowest BCUT2D eigenvalue weighted by Gasteiger charge is -2.21. The fraction of sp³-hybridized carbons (Fsp3) is 0.947. The summed E-state index contributed by atoms with van der Waals surface area (Å²) < 4.78 is 68.1. The second-order valence-corrected chi connectivity index (χ2v) is 30.9. The Morgan fingerprint density at radius 3 is 0.809 bits per heavy atom. The van der Waals surface area contributed by atoms with Crippen LogP contribution in [0.3, 0.4) is 0 Å². The molecule has 0 aromatic rings. The zero-order valence-electron chi connectivity index (χ0n) is 61.4. The molecule has 0 bridgehead atoms. The van der Waals surface area contributed by atoms with Crippen LogP contribution < -0.4 is 0 Å². The summed E-state index contributed by atoms with van der Waals surface area (Å²) in [5.74, 6) is 0.255. The number of esters is 4. The zero-order valence-corrected chi connectivity index (χ0v) is 63.2. The highest BCUT2D eigenvalue weighted by molar-refractivity contribution is 7.47. The van der Waals surface area contributed by atoms with Crippen LogP contribution in [0.25, 0.3) is 0 Å². The van der Waals surface area contributed by atoms with Gasteiger partial charge in [-0.1, -0.05) is 331 Å². The number of phosphoric acid groups is 2. The summed E-state index contributed by atoms with van der Waals surface area (Å²) in [4.78, 5) is 72.4. The van der Waals surface area contributed by atoms with Crippen molar-refractivity contribution < 1.29 is 80.2 Å². The average Bonchev–Trinajstić information content (AvgIpc) is 2.10.